The van der Waals surface area contributed by atoms with Crippen molar-refractivity contribution in [3.8, 4) is 11.3 Å². The molecular weight excluding hydrogens is 460 g/mol. The fourth-order valence-electron chi connectivity index (χ4n) is 3.43. The lowest BCUT2D eigenvalue weighted by Gasteiger charge is -2.08. The molecule has 35 heavy (non-hydrogen) atoms. The standard InChI is InChI=1S/C27H26N4O3S/c1-18-16-19(2)29-27(28-18)35-17-20-8-10-22(11-9-20)26(33)31-30-25(32)15-13-23-12-14-24(34-23)21-6-4-3-5-7-21/h3-12,14,16H,13,15,17H2,1-2H3,(H,30,32)(H,31,33). The number of aromatic nitrogens is 2. The minimum atomic E-state index is -0.375. The number of thioether (sulfide) groups is 1. The van der Waals surface area contributed by atoms with Crippen LogP contribution in [-0.4, -0.2) is 21.8 Å². The van der Waals surface area contributed by atoms with Crippen LogP contribution in [0.3, 0.4) is 0 Å². The molecule has 4 rings (SSSR count). The monoisotopic (exact) mass is 486 g/mol. The highest BCUT2D eigenvalue weighted by molar-refractivity contribution is 7.98. The molecule has 7 nitrogen and oxygen atoms in total. The Morgan fingerprint density at radius 1 is 0.886 bits per heavy atom. The van der Waals surface area contributed by atoms with Crippen LogP contribution in [0.1, 0.15) is 39.5 Å². The highest BCUT2D eigenvalue weighted by Crippen LogP contribution is 2.22. The number of rotatable bonds is 8. The van der Waals surface area contributed by atoms with E-state index >= 15 is 0 Å². The molecule has 0 aliphatic rings. The zero-order valence-electron chi connectivity index (χ0n) is 19.6. The second-order valence-corrected chi connectivity index (χ2v) is 9.00. The molecule has 0 saturated carbocycles. The lowest BCUT2D eigenvalue weighted by molar-refractivity contribution is -0.121. The van der Waals surface area contributed by atoms with E-state index in [1.54, 1.807) is 23.9 Å². The number of carbonyl (C=O) groups excluding carboxylic acids is 2. The van der Waals surface area contributed by atoms with E-state index in [0.717, 1.165) is 33.4 Å². The largest absolute Gasteiger partial charge is 0.461 e. The number of hydrogen-bond acceptors (Lipinski definition) is 6. The Hall–Kier alpha value is -3.91. The first-order valence-corrected chi connectivity index (χ1v) is 12.2. The van der Waals surface area contributed by atoms with Crippen LogP contribution in [0.5, 0.6) is 0 Å². The van der Waals surface area contributed by atoms with Crippen molar-refractivity contribution in [3.63, 3.8) is 0 Å². The Bertz CT molecular complexity index is 1280. The van der Waals surface area contributed by atoms with E-state index in [9.17, 15) is 9.59 Å². The molecule has 2 heterocycles. The molecular formula is C27H26N4O3S. The van der Waals surface area contributed by atoms with E-state index < -0.39 is 0 Å². The second-order valence-electron chi connectivity index (χ2n) is 8.05. The van der Waals surface area contributed by atoms with Crippen molar-refractivity contribution in [2.75, 3.05) is 0 Å². The summed E-state index contributed by atoms with van der Waals surface area (Å²) in [7, 11) is 0. The van der Waals surface area contributed by atoms with Gasteiger partial charge in [-0.1, -0.05) is 54.2 Å². The van der Waals surface area contributed by atoms with Crippen LogP contribution in [0.15, 0.2) is 82.4 Å². The highest BCUT2D eigenvalue weighted by Gasteiger charge is 2.10. The molecule has 2 N–H and O–H groups in total. The molecule has 0 radical (unpaired) electrons. The van der Waals surface area contributed by atoms with E-state index in [1.165, 1.54) is 0 Å². The molecule has 0 spiro atoms. The number of hydrazine groups is 1. The van der Waals surface area contributed by atoms with Crippen LogP contribution in [0.2, 0.25) is 0 Å². The van der Waals surface area contributed by atoms with Gasteiger partial charge in [0.1, 0.15) is 11.5 Å². The molecule has 0 unspecified atom stereocenters. The van der Waals surface area contributed by atoms with Crippen molar-refractivity contribution in [2.45, 2.75) is 37.6 Å². The minimum absolute atomic E-state index is 0.193. The van der Waals surface area contributed by atoms with Gasteiger partial charge in [-0.25, -0.2) is 9.97 Å². The molecule has 2 aromatic heterocycles. The number of amides is 2. The molecule has 2 aromatic carbocycles. The van der Waals surface area contributed by atoms with Crippen LogP contribution in [0, 0.1) is 13.8 Å². The first-order valence-electron chi connectivity index (χ1n) is 11.2. The minimum Gasteiger partial charge on any atom is -0.461 e. The first kappa shape index (κ1) is 24.2. The van der Waals surface area contributed by atoms with Crippen LogP contribution in [0.4, 0.5) is 0 Å². The maximum Gasteiger partial charge on any atom is 0.269 e. The van der Waals surface area contributed by atoms with E-state index in [2.05, 4.69) is 20.8 Å². The van der Waals surface area contributed by atoms with Gasteiger partial charge in [0.15, 0.2) is 5.16 Å². The third-order valence-electron chi connectivity index (χ3n) is 5.18. The first-order chi connectivity index (χ1) is 17.0. The van der Waals surface area contributed by atoms with Gasteiger partial charge in [-0.05, 0) is 49.7 Å². The zero-order chi connectivity index (χ0) is 24.6. The molecule has 0 bridgehead atoms. The van der Waals surface area contributed by atoms with Gasteiger partial charge >= 0.3 is 0 Å². The van der Waals surface area contributed by atoms with Crippen molar-refractivity contribution in [2.24, 2.45) is 0 Å². The van der Waals surface area contributed by atoms with Gasteiger partial charge in [0.2, 0.25) is 5.91 Å². The average molecular weight is 487 g/mol. The Morgan fingerprint density at radius 3 is 2.31 bits per heavy atom. The number of carbonyl (C=O) groups is 2. The number of benzene rings is 2. The SMILES string of the molecule is Cc1cc(C)nc(SCc2ccc(C(=O)NNC(=O)CCc3ccc(-c4ccccc4)o3)cc2)n1. The predicted octanol–water partition coefficient (Wildman–Crippen LogP) is 5.04. The molecule has 0 aliphatic heterocycles. The van der Waals surface area contributed by atoms with E-state index in [1.807, 2.05) is 74.5 Å². The van der Waals surface area contributed by atoms with Gasteiger partial charge in [0.25, 0.3) is 5.91 Å². The number of hydrogen-bond donors (Lipinski definition) is 2. The number of aryl methyl sites for hydroxylation is 3. The summed E-state index contributed by atoms with van der Waals surface area (Å²) in [6.45, 7) is 3.90. The van der Waals surface area contributed by atoms with Gasteiger partial charge in [-0.3, -0.25) is 20.4 Å². The van der Waals surface area contributed by atoms with Gasteiger partial charge < -0.3 is 4.42 Å². The topological polar surface area (TPSA) is 97.1 Å². The summed E-state index contributed by atoms with van der Waals surface area (Å²) < 4.78 is 5.81. The van der Waals surface area contributed by atoms with Crippen LogP contribution in [0.25, 0.3) is 11.3 Å². The van der Waals surface area contributed by atoms with Gasteiger partial charge in [-0.15, -0.1) is 0 Å². The molecule has 0 fully saturated rings. The summed E-state index contributed by atoms with van der Waals surface area (Å²) in [6.07, 6.45) is 0.629. The van der Waals surface area contributed by atoms with Crippen LogP contribution in [-0.2, 0) is 17.0 Å². The van der Waals surface area contributed by atoms with E-state index in [4.69, 9.17) is 4.42 Å². The van der Waals surface area contributed by atoms with E-state index in [-0.39, 0.29) is 18.2 Å². The lowest BCUT2D eigenvalue weighted by atomic mass is 10.1. The number of nitrogens with one attached hydrogen (secondary N) is 2. The van der Waals surface area contributed by atoms with Crippen molar-refractivity contribution in [3.05, 3.63) is 101 Å². The smallest absolute Gasteiger partial charge is 0.269 e. The molecule has 2 amide bonds. The molecule has 0 aliphatic carbocycles. The quantitative estimate of drug-likeness (QED) is 0.206. The van der Waals surface area contributed by atoms with Crippen LogP contribution < -0.4 is 10.9 Å². The molecule has 0 saturated heterocycles. The van der Waals surface area contributed by atoms with Gasteiger partial charge in [-0.2, -0.15) is 0 Å². The van der Waals surface area contributed by atoms with Crippen LogP contribution >= 0.6 is 11.8 Å². The normalized spacial score (nSPS) is 10.7. The Kier molecular flexibility index (Phi) is 7.95. The maximum absolute atomic E-state index is 12.4. The fourth-order valence-corrected chi connectivity index (χ4v) is 4.33. The summed E-state index contributed by atoms with van der Waals surface area (Å²) in [5.41, 5.74) is 9.29. The number of nitrogens with zero attached hydrogens (tertiary/aromatic N) is 2. The van der Waals surface area contributed by atoms with Crippen molar-refractivity contribution < 1.29 is 14.0 Å². The third kappa shape index (κ3) is 7.04. The molecule has 4 aromatic rings. The molecule has 178 valence electrons. The number of furan rings is 1. The average Bonchev–Trinajstić information content (AvgIpc) is 3.34. The predicted molar refractivity (Wildman–Crippen MR) is 136 cm³/mol. The Labute approximate surface area is 208 Å². The van der Waals surface area contributed by atoms with Crippen molar-refractivity contribution in [1.29, 1.82) is 0 Å². The Morgan fingerprint density at radius 2 is 1.60 bits per heavy atom. The van der Waals surface area contributed by atoms with Gasteiger partial charge in [0.05, 0.1) is 0 Å². The molecule has 0 atom stereocenters. The maximum atomic E-state index is 12.4. The second kappa shape index (κ2) is 11.5. The summed E-state index contributed by atoms with van der Waals surface area (Å²) in [6, 6.07) is 22.7. The summed E-state index contributed by atoms with van der Waals surface area (Å²) >= 11 is 1.55. The fraction of sp³-hybridized carbons (Fsp3) is 0.185. The lowest BCUT2D eigenvalue weighted by Crippen LogP contribution is -2.41. The highest BCUT2D eigenvalue weighted by atomic mass is 32.2. The Balaban J connectivity index is 1.21. The third-order valence-corrected chi connectivity index (χ3v) is 6.10. The van der Waals surface area contributed by atoms with Crippen molar-refractivity contribution >= 4 is 23.6 Å². The summed E-state index contributed by atoms with van der Waals surface area (Å²) in [5.74, 6) is 1.50. The molecule has 8 heteroatoms. The summed E-state index contributed by atoms with van der Waals surface area (Å²) in [4.78, 5) is 33.4. The van der Waals surface area contributed by atoms with Gasteiger partial charge in [0, 0.05) is 41.1 Å². The summed E-state index contributed by atoms with van der Waals surface area (Å²) in [5, 5.41) is 0.734. The van der Waals surface area contributed by atoms with E-state index in [0.29, 0.717) is 23.5 Å². The zero-order valence-corrected chi connectivity index (χ0v) is 20.4. The van der Waals surface area contributed by atoms with Crippen molar-refractivity contribution in [1.82, 2.24) is 20.8 Å².